The maximum absolute atomic E-state index is 2.49. The molecule has 0 saturated heterocycles. The maximum Gasteiger partial charge on any atom is 0.0725 e. The zero-order valence-electron chi connectivity index (χ0n) is 33.2. The normalized spacial score (nSPS) is 14.2. The van der Waals surface area contributed by atoms with Gasteiger partial charge in [0.25, 0.3) is 0 Å². The maximum atomic E-state index is 2.49. The van der Waals surface area contributed by atoms with Gasteiger partial charge in [0.1, 0.15) is 0 Å². The molecule has 0 aliphatic heterocycles. The van der Waals surface area contributed by atoms with E-state index in [1.807, 2.05) is 0 Å². The zero-order chi connectivity index (χ0) is 39.3. The molecule has 0 amide bonds. The summed E-state index contributed by atoms with van der Waals surface area (Å²) in [5.41, 5.74) is 23.8. The zero-order valence-corrected chi connectivity index (χ0v) is 33.2. The van der Waals surface area contributed by atoms with Crippen LogP contribution in [0.4, 0.5) is 17.1 Å². The van der Waals surface area contributed by atoms with E-state index in [2.05, 4.69) is 231 Å². The molecule has 3 aliphatic carbocycles. The summed E-state index contributed by atoms with van der Waals surface area (Å²) in [6.07, 6.45) is 0. The van der Waals surface area contributed by atoms with Crippen molar-refractivity contribution < 1.29 is 0 Å². The van der Waals surface area contributed by atoms with Crippen molar-refractivity contribution in [1.82, 2.24) is 0 Å². The molecule has 0 atom stereocenters. The molecule has 1 spiro atoms. The Morgan fingerprint density at radius 2 is 0.831 bits per heavy atom. The number of benzene rings is 9. The molecule has 9 aromatic carbocycles. The van der Waals surface area contributed by atoms with E-state index in [1.165, 1.54) is 89.0 Å². The molecule has 59 heavy (non-hydrogen) atoms. The van der Waals surface area contributed by atoms with Crippen LogP contribution in [0.1, 0.15) is 47.2 Å². The first-order valence-corrected chi connectivity index (χ1v) is 20.8. The second-order valence-corrected chi connectivity index (χ2v) is 16.8. The number of nitrogens with zero attached hydrogens (tertiary/aromatic N) is 1. The number of hydrogen-bond acceptors (Lipinski definition) is 1. The Balaban J connectivity index is 1.12. The fourth-order valence-corrected chi connectivity index (χ4v) is 11.0. The van der Waals surface area contributed by atoms with E-state index in [0.717, 1.165) is 17.1 Å². The molecule has 1 heteroatoms. The second kappa shape index (κ2) is 12.6. The molecule has 3 aliphatic rings. The summed E-state index contributed by atoms with van der Waals surface area (Å²) < 4.78 is 0. The van der Waals surface area contributed by atoms with Gasteiger partial charge in [-0.25, -0.2) is 0 Å². The van der Waals surface area contributed by atoms with Crippen molar-refractivity contribution in [3.05, 3.63) is 246 Å². The third kappa shape index (κ3) is 4.67. The monoisotopic (exact) mass is 751 g/mol. The lowest BCUT2D eigenvalue weighted by Gasteiger charge is -2.31. The van der Waals surface area contributed by atoms with Crippen molar-refractivity contribution in [2.45, 2.75) is 24.7 Å². The first-order valence-electron chi connectivity index (χ1n) is 20.8. The minimum Gasteiger partial charge on any atom is -0.310 e. The van der Waals surface area contributed by atoms with Crippen molar-refractivity contribution in [1.29, 1.82) is 0 Å². The summed E-state index contributed by atoms with van der Waals surface area (Å²) in [6, 6.07) is 79.2. The molecule has 0 N–H and O–H groups in total. The van der Waals surface area contributed by atoms with Gasteiger partial charge in [-0.3, -0.25) is 0 Å². The molecule has 0 fully saturated rings. The molecule has 0 unspecified atom stereocenters. The fourth-order valence-electron chi connectivity index (χ4n) is 11.0. The van der Waals surface area contributed by atoms with Crippen LogP contribution in [0.3, 0.4) is 0 Å². The van der Waals surface area contributed by atoms with Crippen LogP contribution in [0.15, 0.2) is 212 Å². The van der Waals surface area contributed by atoms with E-state index in [0.29, 0.717) is 0 Å². The largest absolute Gasteiger partial charge is 0.310 e. The molecule has 0 aromatic heterocycles. The predicted octanol–water partition coefficient (Wildman–Crippen LogP) is 15.1. The minimum absolute atomic E-state index is 0.117. The number of hydrogen-bond donors (Lipinski definition) is 0. The third-order valence-corrected chi connectivity index (χ3v) is 13.5. The SMILES string of the molecule is CC1(C)c2ccccc2-c2ccc(N(c3ccccc3)c3ccccc3-c3cccc4c3-c3ccc(-c5ccccc5)cc3C43c4ccccc4-c4ccccc43)cc21. The number of anilines is 3. The Morgan fingerprint density at radius 3 is 1.54 bits per heavy atom. The topological polar surface area (TPSA) is 3.24 Å². The van der Waals surface area contributed by atoms with E-state index < -0.39 is 5.41 Å². The third-order valence-electron chi connectivity index (χ3n) is 13.5. The highest BCUT2D eigenvalue weighted by molar-refractivity contribution is 6.03. The first-order chi connectivity index (χ1) is 29.0. The Kier molecular flexibility index (Phi) is 7.26. The van der Waals surface area contributed by atoms with Crippen LogP contribution in [0, 0.1) is 0 Å². The summed E-state index contributed by atoms with van der Waals surface area (Å²) in [5, 5.41) is 0. The van der Waals surface area contributed by atoms with E-state index in [9.17, 15) is 0 Å². The predicted molar refractivity (Wildman–Crippen MR) is 246 cm³/mol. The van der Waals surface area contributed by atoms with Gasteiger partial charge in [-0.2, -0.15) is 0 Å². The highest BCUT2D eigenvalue weighted by atomic mass is 15.1. The van der Waals surface area contributed by atoms with Crippen LogP contribution >= 0.6 is 0 Å². The Bertz CT molecular complexity index is 3090. The Morgan fingerprint density at radius 1 is 0.305 bits per heavy atom. The summed E-state index contributed by atoms with van der Waals surface area (Å²) in [4.78, 5) is 2.47. The fraction of sp³-hybridized carbons (Fsp3) is 0.0690. The number of rotatable bonds is 5. The minimum atomic E-state index is -0.465. The van der Waals surface area contributed by atoms with Crippen LogP contribution in [0.25, 0.3) is 55.6 Å². The van der Waals surface area contributed by atoms with Gasteiger partial charge in [-0.05, 0) is 120 Å². The van der Waals surface area contributed by atoms with Crippen molar-refractivity contribution >= 4 is 17.1 Å². The van der Waals surface area contributed by atoms with Gasteiger partial charge in [0, 0.05) is 22.4 Å². The molecule has 0 heterocycles. The van der Waals surface area contributed by atoms with E-state index in [1.54, 1.807) is 0 Å². The summed E-state index contributed by atoms with van der Waals surface area (Å²) in [6.45, 7) is 4.73. The summed E-state index contributed by atoms with van der Waals surface area (Å²) in [5.74, 6) is 0. The number of para-hydroxylation sites is 2. The molecular formula is C58H41N. The molecule has 1 nitrogen and oxygen atoms in total. The van der Waals surface area contributed by atoms with Gasteiger partial charge < -0.3 is 4.90 Å². The lowest BCUT2D eigenvalue weighted by Crippen LogP contribution is -2.25. The van der Waals surface area contributed by atoms with Crippen LogP contribution in [0.5, 0.6) is 0 Å². The molecule has 9 aromatic rings. The second-order valence-electron chi connectivity index (χ2n) is 16.8. The van der Waals surface area contributed by atoms with Gasteiger partial charge in [0.05, 0.1) is 11.1 Å². The van der Waals surface area contributed by atoms with Crippen molar-refractivity contribution in [3.63, 3.8) is 0 Å². The first kappa shape index (κ1) is 33.9. The lowest BCUT2D eigenvalue weighted by atomic mass is 9.70. The summed E-state index contributed by atoms with van der Waals surface area (Å²) >= 11 is 0. The Labute approximate surface area is 346 Å². The molecular weight excluding hydrogens is 711 g/mol. The lowest BCUT2D eigenvalue weighted by molar-refractivity contribution is 0.660. The smallest absolute Gasteiger partial charge is 0.0725 e. The molecule has 278 valence electrons. The van der Waals surface area contributed by atoms with Gasteiger partial charge in [0.2, 0.25) is 0 Å². The quantitative estimate of drug-likeness (QED) is 0.169. The Hall–Kier alpha value is -7.22. The molecule has 0 saturated carbocycles. The van der Waals surface area contributed by atoms with Crippen LogP contribution in [0.2, 0.25) is 0 Å². The van der Waals surface area contributed by atoms with Gasteiger partial charge in [-0.1, -0.05) is 190 Å². The van der Waals surface area contributed by atoms with Gasteiger partial charge in [0.15, 0.2) is 0 Å². The van der Waals surface area contributed by atoms with Crippen LogP contribution in [-0.2, 0) is 10.8 Å². The van der Waals surface area contributed by atoms with E-state index in [-0.39, 0.29) is 5.41 Å². The average Bonchev–Trinajstić information content (AvgIpc) is 3.86. The highest BCUT2D eigenvalue weighted by Crippen LogP contribution is 2.65. The highest BCUT2D eigenvalue weighted by Gasteiger charge is 2.52. The van der Waals surface area contributed by atoms with Crippen LogP contribution in [-0.4, -0.2) is 0 Å². The van der Waals surface area contributed by atoms with Crippen molar-refractivity contribution in [3.8, 4) is 55.6 Å². The van der Waals surface area contributed by atoms with E-state index in [4.69, 9.17) is 0 Å². The average molecular weight is 752 g/mol. The molecule has 0 bridgehead atoms. The molecule has 12 rings (SSSR count). The van der Waals surface area contributed by atoms with Crippen molar-refractivity contribution in [2.24, 2.45) is 0 Å². The number of fused-ring (bicyclic) bond motifs is 13. The van der Waals surface area contributed by atoms with Crippen molar-refractivity contribution in [2.75, 3.05) is 4.90 Å². The standard InChI is InChI=1S/C58H41N/c1-57(2)49-27-13-9-22-42(49)45-35-33-41(37-53(45)57)59(40-20-7-4-8-21-40)55-31-16-12-25-46(55)47-26-17-30-52-56(47)48-34-32-39(38-18-5-3-6-19-38)36-54(48)58(52)50-28-14-10-23-43(50)44-24-11-15-29-51(44)58/h3-37H,1-2H3. The van der Waals surface area contributed by atoms with Gasteiger partial charge >= 0.3 is 0 Å². The summed E-state index contributed by atoms with van der Waals surface area (Å²) in [7, 11) is 0. The molecule has 0 radical (unpaired) electrons. The van der Waals surface area contributed by atoms with Gasteiger partial charge in [-0.15, -0.1) is 0 Å². The van der Waals surface area contributed by atoms with Crippen LogP contribution < -0.4 is 4.90 Å². The van der Waals surface area contributed by atoms with E-state index >= 15 is 0 Å².